The third kappa shape index (κ3) is 7.77. The Morgan fingerprint density at radius 2 is 2.09 bits per heavy atom. The molecule has 1 N–H and O–H groups in total. The van der Waals surface area contributed by atoms with Gasteiger partial charge in [0.15, 0.2) is 0 Å². The lowest BCUT2D eigenvalue weighted by Gasteiger charge is -2.46. The van der Waals surface area contributed by atoms with Crippen LogP contribution in [0.1, 0.15) is 70.9 Å². The van der Waals surface area contributed by atoms with E-state index in [0.29, 0.717) is 37.8 Å². The number of hydrogen-bond acceptors (Lipinski definition) is 8. The number of nitrogens with zero attached hydrogens (tertiary/aromatic N) is 4. The zero-order valence-electron chi connectivity index (χ0n) is 30.6. The number of carbonyl (C=O) groups is 2. The third-order valence-corrected chi connectivity index (χ3v) is 13.4. The number of benzene rings is 2. The van der Waals surface area contributed by atoms with Crippen LogP contribution in [0.3, 0.4) is 0 Å². The van der Waals surface area contributed by atoms with Crippen LogP contribution in [0.5, 0.6) is 11.6 Å². The average Bonchev–Trinajstić information content (AvgIpc) is 3.43. The smallest absolute Gasteiger partial charge is 0.286 e. The fourth-order valence-corrected chi connectivity index (χ4v) is 10.5. The van der Waals surface area contributed by atoms with Gasteiger partial charge in [-0.3, -0.25) is 19.0 Å². The van der Waals surface area contributed by atoms with E-state index in [2.05, 4.69) is 49.9 Å². The van der Waals surface area contributed by atoms with Gasteiger partial charge in [0, 0.05) is 42.3 Å². The van der Waals surface area contributed by atoms with Crippen molar-refractivity contribution in [1.29, 1.82) is 0 Å². The maximum Gasteiger partial charge on any atom is 0.286 e. The third-order valence-electron chi connectivity index (χ3n) is 11.1. The van der Waals surface area contributed by atoms with Gasteiger partial charge in [0.2, 0.25) is 5.88 Å². The number of halogens is 1. The number of anilines is 1. The summed E-state index contributed by atoms with van der Waals surface area (Å²) in [5, 5.41) is 4.88. The largest absolute Gasteiger partial charge is 0.490 e. The van der Waals surface area contributed by atoms with E-state index in [1.807, 2.05) is 25.1 Å². The van der Waals surface area contributed by atoms with Crippen molar-refractivity contribution in [1.82, 2.24) is 14.5 Å². The van der Waals surface area contributed by atoms with Gasteiger partial charge in [0.25, 0.3) is 11.8 Å². The van der Waals surface area contributed by atoms with Crippen LogP contribution in [0.2, 0.25) is 5.02 Å². The van der Waals surface area contributed by atoms with E-state index in [9.17, 15) is 13.8 Å². The van der Waals surface area contributed by atoms with E-state index in [1.54, 1.807) is 19.2 Å². The van der Waals surface area contributed by atoms with Gasteiger partial charge in [-0.1, -0.05) is 42.8 Å². The molecule has 2 aromatic carbocycles. The standard InChI is InChI=1S/C40H48ClN5O6S/c1-5-18-51-35-10-6-8-26(2)23-53(49,44-38(48)32-22-45(3)42-39(32)50-4)43-37(47)28-12-16-36-34(20-28)46(21-29-11-14-31(29)35)24-40(25-52-36)17-7-9-27-19-30(41)13-15-33(27)40/h5-6,10,12-13,15-16,19-20,22,26,29,31,35H,1,7-9,11,14,17-18,21,23-25H2,2-4H3,(H,43,44,47,48,49)/b10-6-/t26-,29-,31+,35+,40-,53?/m0/s1. The minimum absolute atomic E-state index is 0.0479. The topological polar surface area (TPSA) is 124 Å². The van der Waals surface area contributed by atoms with Gasteiger partial charge in [0.1, 0.15) is 21.2 Å². The molecule has 13 heteroatoms. The Morgan fingerprint density at radius 3 is 2.87 bits per heavy atom. The van der Waals surface area contributed by atoms with Gasteiger partial charge in [-0.05, 0) is 97.7 Å². The van der Waals surface area contributed by atoms with Crippen molar-refractivity contribution in [2.75, 3.05) is 44.1 Å². The Balaban J connectivity index is 1.31. The summed E-state index contributed by atoms with van der Waals surface area (Å²) >= 11 is 6.47. The van der Waals surface area contributed by atoms with Crippen LogP contribution in [-0.2, 0) is 33.5 Å². The van der Waals surface area contributed by atoms with E-state index in [4.69, 9.17) is 25.8 Å². The first kappa shape index (κ1) is 37.2. The number of methoxy groups -OCH3 is 1. The fourth-order valence-electron chi connectivity index (χ4n) is 8.45. The summed E-state index contributed by atoms with van der Waals surface area (Å²) in [5.74, 6) is -0.222. The fraction of sp³-hybridized carbons (Fsp3) is 0.475. The Bertz CT molecular complexity index is 2060. The molecule has 53 heavy (non-hydrogen) atoms. The molecule has 2 aliphatic heterocycles. The van der Waals surface area contributed by atoms with E-state index in [1.165, 1.54) is 29.1 Å². The zero-order valence-corrected chi connectivity index (χ0v) is 32.2. The summed E-state index contributed by atoms with van der Waals surface area (Å²) in [4.78, 5) is 30.0. The van der Waals surface area contributed by atoms with Crippen molar-refractivity contribution >= 4 is 39.0 Å². The van der Waals surface area contributed by atoms with Crippen LogP contribution in [0.25, 0.3) is 0 Å². The number of fused-ring (bicyclic) bond motifs is 4. The molecule has 3 heterocycles. The first-order valence-electron chi connectivity index (χ1n) is 18.4. The SMILES string of the molecule is C=CCO[C@@H]1/C=C\C[C@H](C)CS(=O)(NC(=O)c2cn(C)nc2OC)=NC(=O)c2ccc3c(c2)N(C[C@@H]2CC[C@H]21)C[C@@]1(CCCc2cc(Cl)ccc21)CO3. The summed E-state index contributed by atoms with van der Waals surface area (Å²) in [6, 6.07) is 11.5. The molecular formula is C40H48ClN5O6S. The quantitative estimate of drug-likeness (QED) is 0.276. The van der Waals surface area contributed by atoms with Gasteiger partial charge in [-0.15, -0.1) is 16.0 Å². The Morgan fingerprint density at radius 1 is 1.25 bits per heavy atom. The van der Waals surface area contributed by atoms with Gasteiger partial charge in [-0.2, -0.15) is 0 Å². The lowest BCUT2D eigenvalue weighted by atomic mass is 9.68. The minimum Gasteiger partial charge on any atom is -0.490 e. The number of aromatic nitrogens is 2. The van der Waals surface area contributed by atoms with Gasteiger partial charge in [-0.25, -0.2) is 4.21 Å². The van der Waals surface area contributed by atoms with Gasteiger partial charge < -0.3 is 19.1 Å². The number of ether oxygens (including phenoxy) is 3. The maximum atomic E-state index is 14.6. The van der Waals surface area contributed by atoms with Crippen LogP contribution in [0.15, 0.2) is 71.8 Å². The predicted octanol–water partition coefficient (Wildman–Crippen LogP) is 6.70. The summed E-state index contributed by atoms with van der Waals surface area (Å²) in [6.07, 6.45) is 12.9. The first-order chi connectivity index (χ1) is 25.5. The second kappa shape index (κ2) is 15.3. The molecule has 0 radical (unpaired) electrons. The lowest BCUT2D eigenvalue weighted by Crippen LogP contribution is -2.49. The highest BCUT2D eigenvalue weighted by Gasteiger charge is 2.44. The summed E-state index contributed by atoms with van der Waals surface area (Å²) < 4.78 is 41.3. The van der Waals surface area contributed by atoms with Crippen molar-refractivity contribution < 1.29 is 28.0 Å². The molecule has 1 unspecified atom stereocenters. The molecule has 6 atom stereocenters. The Labute approximate surface area is 317 Å². The molecular weight excluding hydrogens is 714 g/mol. The summed E-state index contributed by atoms with van der Waals surface area (Å²) in [5.41, 5.74) is 3.38. The number of amides is 2. The van der Waals surface area contributed by atoms with E-state index in [0.717, 1.165) is 49.4 Å². The molecule has 4 aliphatic rings. The molecule has 1 saturated carbocycles. The normalized spacial score (nSPS) is 29.0. The predicted molar refractivity (Wildman–Crippen MR) is 206 cm³/mol. The number of carbonyl (C=O) groups excluding carboxylic acids is 2. The second-order valence-corrected chi connectivity index (χ2v) is 17.4. The van der Waals surface area contributed by atoms with Crippen LogP contribution < -0.4 is 19.1 Å². The summed E-state index contributed by atoms with van der Waals surface area (Å²) in [6.45, 7) is 8.17. The molecule has 1 aromatic heterocycles. The molecule has 2 bridgehead atoms. The Kier molecular flexibility index (Phi) is 10.7. The highest BCUT2D eigenvalue weighted by Crippen LogP contribution is 2.47. The lowest BCUT2D eigenvalue weighted by molar-refractivity contribution is -0.00223. The van der Waals surface area contributed by atoms with Crippen LogP contribution in [-0.4, -0.2) is 71.1 Å². The van der Waals surface area contributed by atoms with Crippen LogP contribution in [0, 0.1) is 17.8 Å². The number of nitrogens with one attached hydrogen (secondary N) is 1. The Hall–Kier alpha value is -4.13. The molecule has 1 fully saturated rings. The molecule has 282 valence electrons. The number of hydrogen-bond donors (Lipinski definition) is 1. The molecule has 11 nitrogen and oxygen atoms in total. The van der Waals surface area contributed by atoms with Crippen molar-refractivity contribution in [3.05, 3.63) is 94.7 Å². The van der Waals surface area contributed by atoms with Crippen molar-refractivity contribution in [2.24, 2.45) is 29.2 Å². The molecule has 1 spiro atoms. The first-order valence-corrected chi connectivity index (χ1v) is 20.4. The van der Waals surface area contributed by atoms with Crippen LogP contribution in [0.4, 0.5) is 5.69 Å². The molecule has 3 aromatic rings. The molecule has 2 amide bonds. The zero-order chi connectivity index (χ0) is 37.3. The van der Waals surface area contributed by atoms with Gasteiger partial charge in [0.05, 0.1) is 37.9 Å². The average molecular weight is 762 g/mol. The molecule has 0 saturated heterocycles. The molecule has 2 aliphatic carbocycles. The van der Waals surface area contributed by atoms with Crippen molar-refractivity contribution in [2.45, 2.75) is 57.0 Å². The van der Waals surface area contributed by atoms with Crippen molar-refractivity contribution in [3.8, 4) is 11.6 Å². The highest BCUT2D eigenvalue weighted by molar-refractivity contribution is 7.92. The number of rotatable bonds is 6. The summed E-state index contributed by atoms with van der Waals surface area (Å²) in [7, 11) is -0.557. The van der Waals surface area contributed by atoms with E-state index < -0.39 is 21.7 Å². The maximum absolute atomic E-state index is 14.6. The van der Waals surface area contributed by atoms with E-state index in [-0.39, 0.29) is 46.1 Å². The molecule has 7 rings (SSSR count). The highest BCUT2D eigenvalue weighted by atomic mass is 35.5. The van der Waals surface area contributed by atoms with Crippen molar-refractivity contribution in [3.63, 3.8) is 0 Å². The second-order valence-electron chi connectivity index (χ2n) is 15.0. The number of allylic oxidation sites excluding steroid dienone is 1. The number of aryl methyl sites for hydroxylation is 2. The monoisotopic (exact) mass is 761 g/mol. The van der Waals surface area contributed by atoms with Crippen LogP contribution >= 0.6 is 11.6 Å². The van der Waals surface area contributed by atoms with Gasteiger partial charge >= 0.3 is 0 Å². The minimum atomic E-state index is -3.62. The van der Waals surface area contributed by atoms with E-state index >= 15 is 0 Å².